The summed E-state index contributed by atoms with van der Waals surface area (Å²) >= 11 is 1.42. The average Bonchev–Trinajstić information content (AvgIpc) is 3.71. The van der Waals surface area contributed by atoms with Crippen LogP contribution in [0.2, 0.25) is 0 Å². The van der Waals surface area contributed by atoms with Crippen LogP contribution in [0.3, 0.4) is 0 Å². The number of aryl methyl sites for hydroxylation is 1. The van der Waals surface area contributed by atoms with Gasteiger partial charge in [-0.25, -0.2) is 0 Å². The molecule has 0 saturated carbocycles. The second kappa shape index (κ2) is 13.6. The van der Waals surface area contributed by atoms with Crippen molar-refractivity contribution >= 4 is 68.7 Å². The predicted octanol–water partition coefficient (Wildman–Crippen LogP) is 7.94. The number of thioether (sulfide) groups is 1. The molecule has 3 N–H and O–H groups in total. The lowest BCUT2D eigenvalue weighted by Gasteiger charge is -2.14. The standard InChI is InChI=1S/C37H32N4O4S/c1-3-41-33-14-8-7-13-30(33)31-22-27(17-20-34(31)41)39-35(42)24(2)46-29-18-15-26(16-19-29)38-37(44)32(23-28-12-9-21-45-28)40-36(43)25-10-5-4-6-11-25/h4-24H,3H2,1-2H3,(H,38,44)(H,39,42)(H,40,43)/b32-23-. The number of hydrogen-bond donors (Lipinski definition) is 3. The molecule has 0 bridgehead atoms. The molecule has 9 heteroatoms. The maximum atomic E-state index is 13.2. The number of rotatable bonds is 10. The SMILES string of the molecule is CCn1c2ccccc2c2cc(NC(=O)C(C)Sc3ccc(NC(=O)/C(=C/c4ccco4)NC(=O)c4ccccc4)cc3)ccc21. The van der Waals surface area contributed by atoms with Gasteiger partial charge in [-0.1, -0.05) is 36.4 Å². The minimum absolute atomic E-state index is 0.0324. The zero-order valence-electron chi connectivity index (χ0n) is 25.3. The lowest BCUT2D eigenvalue weighted by atomic mass is 10.1. The third kappa shape index (κ3) is 6.74. The van der Waals surface area contributed by atoms with Crippen LogP contribution in [-0.2, 0) is 16.1 Å². The van der Waals surface area contributed by atoms with E-state index in [1.54, 1.807) is 48.5 Å². The van der Waals surface area contributed by atoms with Crippen LogP contribution in [0.25, 0.3) is 27.9 Å². The van der Waals surface area contributed by atoms with Crippen LogP contribution in [0, 0.1) is 0 Å². The van der Waals surface area contributed by atoms with Crippen molar-refractivity contribution in [2.24, 2.45) is 0 Å². The zero-order valence-corrected chi connectivity index (χ0v) is 26.1. The third-order valence-electron chi connectivity index (χ3n) is 7.51. The van der Waals surface area contributed by atoms with Gasteiger partial charge in [0, 0.05) is 56.3 Å². The maximum absolute atomic E-state index is 13.2. The first-order valence-corrected chi connectivity index (χ1v) is 15.8. The predicted molar refractivity (Wildman–Crippen MR) is 185 cm³/mol. The molecular formula is C37H32N4O4S. The van der Waals surface area contributed by atoms with Crippen LogP contribution in [0.1, 0.15) is 30.0 Å². The monoisotopic (exact) mass is 628 g/mol. The Labute approximate surface area is 270 Å². The highest BCUT2D eigenvalue weighted by molar-refractivity contribution is 8.00. The molecule has 6 rings (SSSR count). The summed E-state index contributed by atoms with van der Waals surface area (Å²) in [6, 6.07) is 33.6. The molecule has 1 unspecified atom stereocenters. The fraction of sp³-hybridized carbons (Fsp3) is 0.108. The van der Waals surface area contributed by atoms with Gasteiger partial charge in [0.1, 0.15) is 11.5 Å². The van der Waals surface area contributed by atoms with Gasteiger partial charge < -0.3 is 24.9 Å². The first kappa shape index (κ1) is 30.5. The maximum Gasteiger partial charge on any atom is 0.272 e. The summed E-state index contributed by atoms with van der Waals surface area (Å²) in [6.45, 7) is 4.85. The molecule has 0 saturated heterocycles. The van der Waals surface area contributed by atoms with Crippen LogP contribution in [0.4, 0.5) is 11.4 Å². The molecule has 8 nitrogen and oxygen atoms in total. The first-order valence-electron chi connectivity index (χ1n) is 14.9. The van der Waals surface area contributed by atoms with Crippen molar-refractivity contribution in [2.75, 3.05) is 10.6 Å². The molecule has 0 fully saturated rings. The van der Waals surface area contributed by atoms with Crippen LogP contribution in [0.15, 0.2) is 130 Å². The Morgan fingerprint density at radius 3 is 2.26 bits per heavy atom. The Balaban J connectivity index is 1.10. The molecule has 0 radical (unpaired) electrons. The highest BCUT2D eigenvalue weighted by Crippen LogP contribution is 2.32. The number of para-hydroxylation sites is 1. The number of fused-ring (bicyclic) bond motifs is 3. The Morgan fingerprint density at radius 2 is 1.52 bits per heavy atom. The molecule has 46 heavy (non-hydrogen) atoms. The highest BCUT2D eigenvalue weighted by atomic mass is 32.2. The number of amides is 3. The van der Waals surface area contributed by atoms with E-state index in [9.17, 15) is 14.4 Å². The number of anilines is 2. The molecule has 0 spiro atoms. The number of nitrogens with one attached hydrogen (secondary N) is 3. The van der Waals surface area contributed by atoms with E-state index in [4.69, 9.17) is 4.42 Å². The minimum Gasteiger partial charge on any atom is -0.465 e. The van der Waals surface area contributed by atoms with E-state index in [-0.39, 0.29) is 16.9 Å². The minimum atomic E-state index is -0.507. The first-order chi connectivity index (χ1) is 22.4. The van der Waals surface area contributed by atoms with Crippen LogP contribution in [0.5, 0.6) is 0 Å². The number of hydrogen-bond acceptors (Lipinski definition) is 5. The molecule has 230 valence electrons. The Hall–Kier alpha value is -5.54. The second-order valence-corrected chi connectivity index (χ2v) is 12.0. The summed E-state index contributed by atoms with van der Waals surface area (Å²) in [5.74, 6) is -0.610. The Kier molecular flexibility index (Phi) is 9.03. The van der Waals surface area contributed by atoms with E-state index in [0.29, 0.717) is 17.0 Å². The quantitative estimate of drug-likeness (QED) is 0.106. The Morgan fingerprint density at radius 1 is 0.804 bits per heavy atom. The number of carbonyl (C=O) groups excluding carboxylic acids is 3. The lowest BCUT2D eigenvalue weighted by Crippen LogP contribution is -2.30. The summed E-state index contributed by atoms with van der Waals surface area (Å²) in [5.41, 5.74) is 4.05. The summed E-state index contributed by atoms with van der Waals surface area (Å²) in [4.78, 5) is 40.0. The van der Waals surface area contributed by atoms with Crippen molar-refractivity contribution in [3.05, 3.63) is 132 Å². The number of benzene rings is 4. The Bertz CT molecular complexity index is 2050. The molecule has 4 aromatic carbocycles. The van der Waals surface area contributed by atoms with Gasteiger partial charge in [-0.05, 0) is 86.6 Å². The zero-order chi connectivity index (χ0) is 32.0. The van der Waals surface area contributed by atoms with Crippen LogP contribution < -0.4 is 16.0 Å². The largest absolute Gasteiger partial charge is 0.465 e. The fourth-order valence-electron chi connectivity index (χ4n) is 5.25. The van der Waals surface area contributed by atoms with Gasteiger partial charge in [-0.3, -0.25) is 14.4 Å². The van der Waals surface area contributed by atoms with Gasteiger partial charge in [0.25, 0.3) is 11.8 Å². The van der Waals surface area contributed by atoms with Gasteiger partial charge in [0.15, 0.2) is 0 Å². The summed E-state index contributed by atoms with van der Waals surface area (Å²) in [5, 5.41) is 10.5. The summed E-state index contributed by atoms with van der Waals surface area (Å²) in [7, 11) is 0. The average molecular weight is 629 g/mol. The van der Waals surface area contributed by atoms with Gasteiger partial charge >= 0.3 is 0 Å². The van der Waals surface area contributed by atoms with E-state index >= 15 is 0 Å². The summed E-state index contributed by atoms with van der Waals surface area (Å²) in [6.07, 6.45) is 2.96. The normalized spacial score (nSPS) is 12.2. The second-order valence-electron chi connectivity index (χ2n) is 10.6. The van der Waals surface area contributed by atoms with E-state index in [1.165, 1.54) is 29.6 Å². The highest BCUT2D eigenvalue weighted by Gasteiger charge is 2.18. The molecule has 3 amide bonds. The van der Waals surface area contributed by atoms with Crippen molar-refractivity contribution in [3.63, 3.8) is 0 Å². The van der Waals surface area contributed by atoms with E-state index in [0.717, 1.165) is 33.4 Å². The van der Waals surface area contributed by atoms with Crippen molar-refractivity contribution in [1.82, 2.24) is 9.88 Å². The molecule has 6 aromatic rings. The number of nitrogens with zero attached hydrogens (tertiary/aromatic N) is 1. The van der Waals surface area contributed by atoms with Gasteiger partial charge in [-0.15, -0.1) is 11.8 Å². The molecule has 2 aromatic heterocycles. The topological polar surface area (TPSA) is 105 Å². The summed E-state index contributed by atoms with van der Waals surface area (Å²) < 4.78 is 7.63. The van der Waals surface area contributed by atoms with E-state index < -0.39 is 11.8 Å². The van der Waals surface area contributed by atoms with E-state index in [2.05, 4.69) is 45.6 Å². The molecule has 0 aliphatic carbocycles. The van der Waals surface area contributed by atoms with Gasteiger partial charge in [-0.2, -0.15) is 0 Å². The molecule has 2 heterocycles. The van der Waals surface area contributed by atoms with Gasteiger partial charge in [0.05, 0.1) is 11.5 Å². The number of aromatic nitrogens is 1. The fourth-order valence-corrected chi connectivity index (χ4v) is 6.11. The molecular weight excluding hydrogens is 596 g/mol. The van der Waals surface area contributed by atoms with Crippen molar-refractivity contribution in [1.29, 1.82) is 0 Å². The van der Waals surface area contributed by atoms with Crippen LogP contribution >= 0.6 is 11.8 Å². The number of furan rings is 1. The molecule has 1 atom stereocenters. The van der Waals surface area contributed by atoms with Crippen molar-refractivity contribution in [2.45, 2.75) is 30.5 Å². The van der Waals surface area contributed by atoms with Gasteiger partial charge in [0.2, 0.25) is 5.91 Å². The van der Waals surface area contributed by atoms with Crippen molar-refractivity contribution < 1.29 is 18.8 Å². The molecule has 0 aliphatic heterocycles. The third-order valence-corrected chi connectivity index (χ3v) is 8.62. The van der Waals surface area contributed by atoms with E-state index in [1.807, 2.05) is 49.4 Å². The molecule has 0 aliphatic rings. The lowest BCUT2D eigenvalue weighted by molar-refractivity contribution is -0.115. The van der Waals surface area contributed by atoms with Crippen LogP contribution in [-0.4, -0.2) is 27.5 Å². The van der Waals surface area contributed by atoms with Crippen molar-refractivity contribution in [3.8, 4) is 0 Å². The smallest absolute Gasteiger partial charge is 0.272 e. The number of carbonyl (C=O) groups is 3.